The molecule has 0 aliphatic heterocycles. The van der Waals surface area contributed by atoms with Gasteiger partial charge in [0.25, 0.3) is 0 Å². The molecule has 2 aromatic heterocycles. The average Bonchev–Trinajstić information content (AvgIpc) is 2.86. The van der Waals surface area contributed by atoms with Gasteiger partial charge in [0, 0.05) is 19.2 Å². The van der Waals surface area contributed by atoms with E-state index in [0.717, 1.165) is 5.56 Å². The molecule has 2 aromatic rings. The number of tetrazole rings is 1. The quantitative estimate of drug-likeness (QED) is 0.814. The van der Waals surface area contributed by atoms with Crippen LogP contribution in [0.5, 0.6) is 5.75 Å². The molecular weight excluding hydrogens is 250 g/mol. The van der Waals surface area contributed by atoms with Crippen LogP contribution in [-0.4, -0.2) is 43.4 Å². The number of aromatic nitrogens is 5. The highest BCUT2D eigenvalue weighted by molar-refractivity contribution is 5.66. The SMILES string of the molecule is COc1cnccc1-c1nnnn1CCCC(=O)O. The molecule has 8 heteroatoms. The molecule has 0 aromatic carbocycles. The lowest BCUT2D eigenvalue weighted by molar-refractivity contribution is -0.137. The number of nitrogens with zero attached hydrogens (tertiary/aromatic N) is 5. The number of hydrogen-bond acceptors (Lipinski definition) is 6. The third-order valence-electron chi connectivity index (χ3n) is 2.54. The Morgan fingerprint density at radius 3 is 3.11 bits per heavy atom. The van der Waals surface area contributed by atoms with Crippen molar-refractivity contribution < 1.29 is 14.6 Å². The van der Waals surface area contributed by atoms with E-state index < -0.39 is 5.97 Å². The van der Waals surface area contributed by atoms with Crippen molar-refractivity contribution in [1.82, 2.24) is 25.2 Å². The summed E-state index contributed by atoms with van der Waals surface area (Å²) >= 11 is 0. The summed E-state index contributed by atoms with van der Waals surface area (Å²) in [7, 11) is 1.54. The number of hydrogen-bond donors (Lipinski definition) is 1. The van der Waals surface area contributed by atoms with Gasteiger partial charge in [0.15, 0.2) is 5.82 Å². The van der Waals surface area contributed by atoms with Crippen LogP contribution in [0, 0.1) is 0 Å². The van der Waals surface area contributed by atoms with Crippen LogP contribution in [0.3, 0.4) is 0 Å². The number of methoxy groups -OCH3 is 1. The zero-order valence-electron chi connectivity index (χ0n) is 10.4. The van der Waals surface area contributed by atoms with Crippen LogP contribution in [0.15, 0.2) is 18.5 Å². The highest BCUT2D eigenvalue weighted by Gasteiger charge is 2.13. The van der Waals surface area contributed by atoms with Crippen molar-refractivity contribution in [3.8, 4) is 17.1 Å². The minimum absolute atomic E-state index is 0.0762. The second-order valence-electron chi connectivity index (χ2n) is 3.80. The van der Waals surface area contributed by atoms with Crippen molar-refractivity contribution in [3.05, 3.63) is 18.5 Å². The molecule has 0 aliphatic rings. The van der Waals surface area contributed by atoms with Gasteiger partial charge in [-0.2, -0.15) is 0 Å². The Morgan fingerprint density at radius 2 is 2.37 bits per heavy atom. The van der Waals surface area contributed by atoms with Gasteiger partial charge < -0.3 is 9.84 Å². The molecule has 0 amide bonds. The number of aliphatic carboxylic acids is 1. The standard InChI is InChI=1S/C11H13N5O3/c1-19-9-7-12-5-4-8(9)11-13-14-15-16(11)6-2-3-10(17)18/h4-5,7H,2-3,6H2,1H3,(H,17,18). The number of pyridine rings is 1. The van der Waals surface area contributed by atoms with Crippen molar-refractivity contribution in [1.29, 1.82) is 0 Å². The van der Waals surface area contributed by atoms with Crippen molar-refractivity contribution in [2.24, 2.45) is 0 Å². The monoisotopic (exact) mass is 263 g/mol. The van der Waals surface area contributed by atoms with Crippen LogP contribution in [0.25, 0.3) is 11.4 Å². The van der Waals surface area contributed by atoms with E-state index in [2.05, 4.69) is 20.5 Å². The van der Waals surface area contributed by atoms with Gasteiger partial charge in [-0.05, 0) is 22.9 Å². The molecule has 8 nitrogen and oxygen atoms in total. The second-order valence-corrected chi connectivity index (χ2v) is 3.80. The van der Waals surface area contributed by atoms with Crippen LogP contribution in [0.4, 0.5) is 0 Å². The van der Waals surface area contributed by atoms with Gasteiger partial charge in [-0.1, -0.05) is 0 Å². The van der Waals surface area contributed by atoms with Gasteiger partial charge in [-0.15, -0.1) is 5.10 Å². The Bertz CT molecular complexity index is 569. The molecule has 0 unspecified atom stereocenters. The lowest BCUT2D eigenvalue weighted by Gasteiger charge is -2.07. The lowest BCUT2D eigenvalue weighted by Crippen LogP contribution is -2.06. The van der Waals surface area contributed by atoms with Crippen LogP contribution >= 0.6 is 0 Å². The Kier molecular flexibility index (Phi) is 4.01. The molecule has 2 rings (SSSR count). The predicted molar refractivity (Wildman–Crippen MR) is 64.5 cm³/mol. The van der Waals surface area contributed by atoms with Crippen LogP contribution in [0.1, 0.15) is 12.8 Å². The Morgan fingerprint density at radius 1 is 1.53 bits per heavy atom. The maximum Gasteiger partial charge on any atom is 0.303 e. The topological polar surface area (TPSA) is 103 Å². The molecule has 0 saturated heterocycles. The molecule has 19 heavy (non-hydrogen) atoms. The van der Waals surface area contributed by atoms with Crippen molar-refractivity contribution in [2.45, 2.75) is 19.4 Å². The number of carboxylic acids is 1. The van der Waals surface area contributed by atoms with Crippen LogP contribution in [-0.2, 0) is 11.3 Å². The summed E-state index contributed by atoms with van der Waals surface area (Å²) in [4.78, 5) is 14.5. The zero-order valence-corrected chi connectivity index (χ0v) is 10.4. The first-order valence-electron chi connectivity index (χ1n) is 5.68. The molecule has 1 N–H and O–H groups in total. The first kappa shape index (κ1) is 12.9. The summed E-state index contributed by atoms with van der Waals surface area (Å²) in [6, 6.07) is 1.75. The lowest BCUT2D eigenvalue weighted by atomic mass is 10.2. The third kappa shape index (κ3) is 3.03. The van der Waals surface area contributed by atoms with E-state index in [4.69, 9.17) is 9.84 Å². The molecule has 0 atom stereocenters. The van der Waals surface area contributed by atoms with E-state index in [-0.39, 0.29) is 6.42 Å². The van der Waals surface area contributed by atoms with Gasteiger partial charge in [0.2, 0.25) is 0 Å². The summed E-state index contributed by atoms with van der Waals surface area (Å²) in [5.74, 6) is 0.262. The number of ether oxygens (including phenoxy) is 1. The summed E-state index contributed by atoms with van der Waals surface area (Å²) in [5, 5.41) is 20.0. The molecule has 0 radical (unpaired) electrons. The van der Waals surface area contributed by atoms with Crippen LogP contribution < -0.4 is 4.74 Å². The number of aryl methyl sites for hydroxylation is 1. The predicted octanol–water partition coefficient (Wildman–Crippen LogP) is 0.608. The van der Waals surface area contributed by atoms with E-state index in [1.807, 2.05) is 0 Å². The highest BCUT2D eigenvalue weighted by atomic mass is 16.5. The van der Waals surface area contributed by atoms with Gasteiger partial charge in [0.1, 0.15) is 5.75 Å². The highest BCUT2D eigenvalue weighted by Crippen LogP contribution is 2.26. The van der Waals surface area contributed by atoms with E-state index in [9.17, 15) is 4.79 Å². The fourth-order valence-electron chi connectivity index (χ4n) is 1.66. The minimum Gasteiger partial charge on any atom is -0.494 e. The molecule has 0 spiro atoms. The van der Waals surface area contributed by atoms with Gasteiger partial charge in [-0.25, -0.2) is 4.68 Å². The maximum atomic E-state index is 10.5. The van der Waals surface area contributed by atoms with E-state index in [0.29, 0.717) is 24.5 Å². The number of rotatable bonds is 6. The summed E-state index contributed by atoms with van der Waals surface area (Å²) in [5.41, 5.74) is 0.720. The molecule has 0 fully saturated rings. The summed E-state index contributed by atoms with van der Waals surface area (Å²) in [6.07, 6.45) is 3.73. The van der Waals surface area contributed by atoms with E-state index in [1.165, 1.54) is 0 Å². The minimum atomic E-state index is -0.837. The van der Waals surface area contributed by atoms with E-state index >= 15 is 0 Å². The van der Waals surface area contributed by atoms with Gasteiger partial charge >= 0.3 is 5.97 Å². The Labute approximate surface area is 109 Å². The Balaban J connectivity index is 2.21. The van der Waals surface area contributed by atoms with Crippen LogP contribution in [0.2, 0.25) is 0 Å². The molecule has 0 saturated carbocycles. The molecule has 100 valence electrons. The fraction of sp³-hybridized carbons (Fsp3) is 0.364. The first-order chi connectivity index (χ1) is 9.22. The molecular formula is C11H13N5O3. The normalized spacial score (nSPS) is 10.4. The van der Waals surface area contributed by atoms with Gasteiger partial charge in [-0.3, -0.25) is 9.78 Å². The fourth-order valence-corrected chi connectivity index (χ4v) is 1.66. The molecule has 0 bridgehead atoms. The van der Waals surface area contributed by atoms with Crippen molar-refractivity contribution in [2.75, 3.05) is 7.11 Å². The van der Waals surface area contributed by atoms with Crippen molar-refractivity contribution in [3.63, 3.8) is 0 Å². The molecule has 0 aliphatic carbocycles. The second kappa shape index (κ2) is 5.89. The summed E-state index contributed by atoms with van der Waals surface area (Å²) in [6.45, 7) is 0.431. The zero-order chi connectivity index (χ0) is 13.7. The van der Waals surface area contributed by atoms with Crippen molar-refractivity contribution >= 4 is 5.97 Å². The van der Waals surface area contributed by atoms with E-state index in [1.54, 1.807) is 30.3 Å². The number of carbonyl (C=O) groups is 1. The maximum absolute atomic E-state index is 10.5. The largest absolute Gasteiger partial charge is 0.494 e. The molecule has 2 heterocycles. The Hall–Kier alpha value is -2.51. The first-order valence-corrected chi connectivity index (χ1v) is 5.68. The number of carboxylic acid groups (broad SMARTS) is 1. The smallest absolute Gasteiger partial charge is 0.303 e. The third-order valence-corrected chi connectivity index (χ3v) is 2.54. The average molecular weight is 263 g/mol. The van der Waals surface area contributed by atoms with Gasteiger partial charge in [0.05, 0.1) is 18.9 Å². The summed E-state index contributed by atoms with van der Waals surface area (Å²) < 4.78 is 6.76.